The van der Waals surface area contributed by atoms with E-state index in [1.807, 2.05) is 22.4 Å². The molecule has 88 valence electrons. The second-order valence-electron chi connectivity index (χ2n) is 5.00. The third-order valence-corrected chi connectivity index (χ3v) is 4.00. The van der Waals surface area contributed by atoms with Gasteiger partial charge in [-0.2, -0.15) is 0 Å². The summed E-state index contributed by atoms with van der Waals surface area (Å²) in [4.78, 5) is 15.3. The SMILES string of the molecule is C[C@@H]1C[C@H](C)CN(C(=O)Cc2cccs2)C1. The van der Waals surface area contributed by atoms with E-state index in [0.717, 1.165) is 13.1 Å². The molecule has 1 aliphatic heterocycles. The maximum Gasteiger partial charge on any atom is 0.227 e. The van der Waals surface area contributed by atoms with E-state index >= 15 is 0 Å². The second-order valence-corrected chi connectivity index (χ2v) is 6.03. The average molecular weight is 237 g/mol. The van der Waals surface area contributed by atoms with E-state index in [0.29, 0.717) is 24.2 Å². The molecule has 0 aliphatic carbocycles. The van der Waals surface area contributed by atoms with Crippen molar-refractivity contribution in [3.8, 4) is 0 Å². The number of carbonyl (C=O) groups is 1. The summed E-state index contributed by atoms with van der Waals surface area (Å²) in [5.74, 6) is 1.59. The fraction of sp³-hybridized carbons (Fsp3) is 0.615. The fourth-order valence-corrected chi connectivity index (χ4v) is 3.24. The van der Waals surface area contributed by atoms with Gasteiger partial charge in [-0.3, -0.25) is 4.79 Å². The average Bonchev–Trinajstić information content (AvgIpc) is 2.68. The van der Waals surface area contributed by atoms with Crippen LogP contribution in [0.5, 0.6) is 0 Å². The summed E-state index contributed by atoms with van der Waals surface area (Å²) < 4.78 is 0. The number of nitrogens with zero attached hydrogens (tertiary/aromatic N) is 1. The van der Waals surface area contributed by atoms with Crippen molar-refractivity contribution in [3.05, 3.63) is 22.4 Å². The Morgan fingerprint density at radius 2 is 2.12 bits per heavy atom. The van der Waals surface area contributed by atoms with Gasteiger partial charge >= 0.3 is 0 Å². The summed E-state index contributed by atoms with van der Waals surface area (Å²) in [7, 11) is 0. The number of hydrogen-bond donors (Lipinski definition) is 0. The molecule has 0 bridgehead atoms. The van der Waals surface area contributed by atoms with Gasteiger partial charge in [0.15, 0.2) is 0 Å². The minimum Gasteiger partial charge on any atom is -0.342 e. The van der Waals surface area contributed by atoms with E-state index in [-0.39, 0.29) is 0 Å². The Kier molecular flexibility index (Phi) is 3.64. The van der Waals surface area contributed by atoms with Crippen LogP contribution in [-0.4, -0.2) is 23.9 Å². The molecule has 2 rings (SSSR count). The van der Waals surface area contributed by atoms with Crippen molar-refractivity contribution in [1.29, 1.82) is 0 Å². The first-order chi connectivity index (χ1) is 7.65. The summed E-state index contributed by atoms with van der Waals surface area (Å²) in [6.45, 7) is 6.35. The van der Waals surface area contributed by atoms with E-state index in [4.69, 9.17) is 0 Å². The fourth-order valence-electron chi connectivity index (χ4n) is 2.54. The molecule has 2 heterocycles. The predicted octanol–water partition coefficient (Wildman–Crippen LogP) is 2.80. The molecule has 0 aromatic carbocycles. The van der Waals surface area contributed by atoms with Crippen LogP contribution >= 0.6 is 11.3 Å². The van der Waals surface area contributed by atoms with Crippen LogP contribution in [0, 0.1) is 11.8 Å². The largest absolute Gasteiger partial charge is 0.342 e. The van der Waals surface area contributed by atoms with Gasteiger partial charge in [-0.15, -0.1) is 11.3 Å². The van der Waals surface area contributed by atoms with Gasteiger partial charge in [0, 0.05) is 18.0 Å². The number of likely N-dealkylation sites (tertiary alicyclic amines) is 1. The quantitative estimate of drug-likeness (QED) is 0.774. The van der Waals surface area contributed by atoms with E-state index in [9.17, 15) is 4.79 Å². The van der Waals surface area contributed by atoms with Gasteiger partial charge in [-0.05, 0) is 29.7 Å². The zero-order chi connectivity index (χ0) is 11.5. The minimum absolute atomic E-state index is 0.292. The Morgan fingerprint density at radius 1 is 1.44 bits per heavy atom. The molecular weight excluding hydrogens is 218 g/mol. The van der Waals surface area contributed by atoms with Gasteiger partial charge in [0.2, 0.25) is 5.91 Å². The van der Waals surface area contributed by atoms with Crippen molar-refractivity contribution in [2.24, 2.45) is 11.8 Å². The molecular formula is C13H19NOS. The zero-order valence-electron chi connectivity index (χ0n) is 9.98. The van der Waals surface area contributed by atoms with Crippen molar-refractivity contribution >= 4 is 17.2 Å². The Morgan fingerprint density at radius 3 is 2.69 bits per heavy atom. The van der Waals surface area contributed by atoms with E-state index in [1.54, 1.807) is 11.3 Å². The van der Waals surface area contributed by atoms with Crippen molar-refractivity contribution in [3.63, 3.8) is 0 Å². The van der Waals surface area contributed by atoms with Crippen LogP contribution in [0.2, 0.25) is 0 Å². The molecule has 0 saturated carbocycles. The lowest BCUT2D eigenvalue weighted by atomic mass is 9.92. The first-order valence-electron chi connectivity index (χ1n) is 5.95. The van der Waals surface area contributed by atoms with Crippen LogP contribution in [0.15, 0.2) is 17.5 Å². The highest BCUT2D eigenvalue weighted by Crippen LogP contribution is 2.22. The van der Waals surface area contributed by atoms with E-state index in [1.165, 1.54) is 11.3 Å². The highest BCUT2D eigenvalue weighted by Gasteiger charge is 2.25. The van der Waals surface area contributed by atoms with Crippen LogP contribution in [0.3, 0.4) is 0 Å². The van der Waals surface area contributed by atoms with Gasteiger partial charge in [-0.1, -0.05) is 19.9 Å². The maximum atomic E-state index is 12.1. The summed E-state index contributed by atoms with van der Waals surface area (Å²) >= 11 is 1.67. The molecule has 2 nitrogen and oxygen atoms in total. The highest BCUT2D eigenvalue weighted by molar-refractivity contribution is 7.10. The third kappa shape index (κ3) is 2.85. The van der Waals surface area contributed by atoms with Gasteiger partial charge in [0.05, 0.1) is 6.42 Å². The number of thiophene rings is 1. The number of amides is 1. The third-order valence-electron chi connectivity index (χ3n) is 3.13. The normalized spacial score (nSPS) is 25.8. The van der Waals surface area contributed by atoms with Crippen molar-refractivity contribution in [2.45, 2.75) is 26.7 Å². The van der Waals surface area contributed by atoms with Crippen LogP contribution < -0.4 is 0 Å². The number of piperidine rings is 1. The lowest BCUT2D eigenvalue weighted by Gasteiger charge is -2.35. The van der Waals surface area contributed by atoms with Gasteiger partial charge in [0.1, 0.15) is 0 Å². The van der Waals surface area contributed by atoms with Crippen molar-refractivity contribution in [2.75, 3.05) is 13.1 Å². The summed E-state index contributed by atoms with van der Waals surface area (Å²) in [6.07, 6.45) is 1.83. The molecule has 1 fully saturated rings. The first kappa shape index (κ1) is 11.6. The molecule has 1 aromatic rings. The summed E-state index contributed by atoms with van der Waals surface area (Å²) in [5.41, 5.74) is 0. The smallest absolute Gasteiger partial charge is 0.227 e. The molecule has 2 atom stereocenters. The van der Waals surface area contributed by atoms with E-state index < -0.39 is 0 Å². The summed E-state index contributed by atoms with van der Waals surface area (Å²) in [5, 5.41) is 2.03. The first-order valence-corrected chi connectivity index (χ1v) is 6.83. The molecule has 0 N–H and O–H groups in total. The number of hydrogen-bond acceptors (Lipinski definition) is 2. The van der Waals surface area contributed by atoms with Crippen LogP contribution in [0.1, 0.15) is 25.1 Å². The lowest BCUT2D eigenvalue weighted by molar-refractivity contribution is -0.133. The standard InChI is InChI=1S/C13H19NOS/c1-10-6-11(2)9-14(8-10)13(15)7-12-4-3-5-16-12/h3-5,10-11H,6-9H2,1-2H3/t10-,11+. The topological polar surface area (TPSA) is 20.3 Å². The Labute approximate surface area is 101 Å². The summed E-state index contributed by atoms with van der Waals surface area (Å²) in [6, 6.07) is 4.05. The Balaban J connectivity index is 1.94. The van der Waals surface area contributed by atoms with Crippen molar-refractivity contribution < 1.29 is 4.79 Å². The zero-order valence-corrected chi connectivity index (χ0v) is 10.8. The van der Waals surface area contributed by atoms with Crippen molar-refractivity contribution in [1.82, 2.24) is 4.90 Å². The molecule has 1 saturated heterocycles. The minimum atomic E-state index is 0.292. The molecule has 0 radical (unpaired) electrons. The highest BCUT2D eigenvalue weighted by atomic mass is 32.1. The molecule has 16 heavy (non-hydrogen) atoms. The Bertz CT molecular complexity index is 337. The molecule has 1 aliphatic rings. The van der Waals surface area contributed by atoms with Gasteiger partial charge in [-0.25, -0.2) is 0 Å². The second kappa shape index (κ2) is 5.00. The van der Waals surface area contributed by atoms with Gasteiger partial charge < -0.3 is 4.90 Å². The van der Waals surface area contributed by atoms with Crippen LogP contribution in [-0.2, 0) is 11.2 Å². The van der Waals surface area contributed by atoms with Crippen LogP contribution in [0.4, 0.5) is 0 Å². The molecule has 0 unspecified atom stereocenters. The monoisotopic (exact) mass is 237 g/mol. The Hall–Kier alpha value is -0.830. The lowest BCUT2D eigenvalue weighted by Crippen LogP contribution is -2.43. The van der Waals surface area contributed by atoms with Crippen LogP contribution in [0.25, 0.3) is 0 Å². The maximum absolute atomic E-state index is 12.1. The molecule has 0 spiro atoms. The number of carbonyl (C=O) groups excluding carboxylic acids is 1. The van der Waals surface area contributed by atoms with Gasteiger partial charge in [0.25, 0.3) is 0 Å². The molecule has 1 aromatic heterocycles. The molecule has 1 amide bonds. The number of rotatable bonds is 2. The predicted molar refractivity (Wildman–Crippen MR) is 67.5 cm³/mol. The van der Waals surface area contributed by atoms with E-state index in [2.05, 4.69) is 13.8 Å². The molecule has 3 heteroatoms.